The van der Waals surface area contributed by atoms with Crippen LogP contribution in [0.4, 0.5) is 0 Å². The molecule has 1 amide bonds. The summed E-state index contributed by atoms with van der Waals surface area (Å²) in [7, 11) is -3.76. The fourth-order valence-corrected chi connectivity index (χ4v) is 5.70. The number of nitrogens with zero attached hydrogens (tertiary/aromatic N) is 1. The molecule has 156 valence electrons. The maximum atomic E-state index is 13.1. The molecule has 1 aliphatic heterocycles. The third-order valence-corrected chi connectivity index (χ3v) is 7.63. The van der Waals surface area contributed by atoms with Gasteiger partial charge in [0.15, 0.2) is 0 Å². The number of hydrogen-bond donors (Lipinski definition) is 1. The zero-order valence-electron chi connectivity index (χ0n) is 17.0. The molecule has 5 nitrogen and oxygen atoms in total. The Kier molecular flexibility index (Phi) is 6.66. The average molecular weight is 435 g/mol. The first-order valence-electron chi connectivity index (χ1n) is 9.89. The van der Waals surface area contributed by atoms with Crippen LogP contribution in [0.25, 0.3) is 0 Å². The zero-order chi connectivity index (χ0) is 21.2. The summed E-state index contributed by atoms with van der Waals surface area (Å²) in [5, 5.41) is 3.55. The molecule has 3 rings (SSSR count). The molecule has 2 atom stereocenters. The predicted octanol–water partition coefficient (Wildman–Crippen LogP) is 4.38. The number of carbonyl (C=O) groups excluding carboxylic acids is 1. The Labute approximate surface area is 178 Å². The highest BCUT2D eigenvalue weighted by Crippen LogP contribution is 2.28. The molecule has 0 unspecified atom stereocenters. The van der Waals surface area contributed by atoms with Crippen molar-refractivity contribution >= 4 is 27.5 Å². The van der Waals surface area contributed by atoms with Gasteiger partial charge in [-0.2, -0.15) is 4.31 Å². The molecule has 1 heterocycles. The van der Waals surface area contributed by atoms with Crippen LogP contribution in [0.3, 0.4) is 0 Å². The lowest BCUT2D eigenvalue weighted by Gasteiger charge is -2.26. The van der Waals surface area contributed by atoms with Crippen molar-refractivity contribution in [3.63, 3.8) is 0 Å². The van der Waals surface area contributed by atoms with Crippen LogP contribution in [0.2, 0.25) is 5.02 Å². The standard InChI is InChI=1S/C22H27ClN2O3S/c1-4-20(19-12-7-15(2)14-16(19)3)24-22(26)21-6-5-13-25(21)29(27,28)18-10-8-17(23)9-11-18/h7-12,14,20-21H,4-6,13H2,1-3H3,(H,24,26)/t20-,21+/m1/s1. The monoisotopic (exact) mass is 434 g/mol. The summed E-state index contributed by atoms with van der Waals surface area (Å²) in [6, 6.07) is 11.4. The fourth-order valence-electron chi connectivity index (χ4n) is 3.92. The minimum atomic E-state index is -3.76. The topological polar surface area (TPSA) is 66.5 Å². The molecule has 1 fully saturated rings. The van der Waals surface area contributed by atoms with Gasteiger partial charge in [-0.1, -0.05) is 42.3 Å². The van der Waals surface area contributed by atoms with Crippen LogP contribution in [-0.2, 0) is 14.8 Å². The van der Waals surface area contributed by atoms with E-state index in [0.717, 1.165) is 17.5 Å². The lowest BCUT2D eigenvalue weighted by atomic mass is 9.97. The summed E-state index contributed by atoms with van der Waals surface area (Å²) in [6.07, 6.45) is 1.90. The van der Waals surface area contributed by atoms with E-state index in [0.29, 0.717) is 24.4 Å². The van der Waals surface area contributed by atoms with Gasteiger partial charge in [0.25, 0.3) is 0 Å². The second-order valence-corrected chi connectivity index (χ2v) is 9.88. The van der Waals surface area contributed by atoms with Crippen LogP contribution in [0.5, 0.6) is 0 Å². The van der Waals surface area contributed by atoms with E-state index in [2.05, 4.69) is 11.4 Å². The molecule has 2 aromatic carbocycles. The highest BCUT2D eigenvalue weighted by molar-refractivity contribution is 7.89. The smallest absolute Gasteiger partial charge is 0.243 e. The van der Waals surface area contributed by atoms with Crippen LogP contribution < -0.4 is 5.32 Å². The third-order valence-electron chi connectivity index (χ3n) is 5.45. The summed E-state index contributed by atoms with van der Waals surface area (Å²) in [5.74, 6) is -0.244. The SMILES string of the molecule is CC[C@@H](NC(=O)[C@@H]1CCCN1S(=O)(=O)c1ccc(Cl)cc1)c1ccc(C)cc1C. The molecule has 1 N–H and O–H groups in total. The summed E-state index contributed by atoms with van der Waals surface area (Å²) in [4.78, 5) is 13.2. The molecule has 0 radical (unpaired) electrons. The zero-order valence-corrected chi connectivity index (χ0v) is 18.6. The minimum absolute atomic E-state index is 0.149. The Morgan fingerprint density at radius 1 is 1.21 bits per heavy atom. The van der Waals surface area contributed by atoms with Gasteiger partial charge in [-0.3, -0.25) is 4.79 Å². The molecular weight excluding hydrogens is 408 g/mol. The van der Waals surface area contributed by atoms with Gasteiger partial charge in [0.05, 0.1) is 10.9 Å². The fraction of sp³-hybridized carbons (Fsp3) is 0.409. The summed E-state index contributed by atoms with van der Waals surface area (Å²) in [5.41, 5.74) is 3.36. The highest BCUT2D eigenvalue weighted by Gasteiger charge is 2.40. The van der Waals surface area contributed by atoms with Gasteiger partial charge in [-0.05, 0) is 68.5 Å². The molecule has 0 aliphatic carbocycles. The maximum absolute atomic E-state index is 13.1. The van der Waals surface area contributed by atoms with Gasteiger partial charge in [0.1, 0.15) is 6.04 Å². The van der Waals surface area contributed by atoms with Gasteiger partial charge in [0, 0.05) is 11.6 Å². The molecule has 7 heteroatoms. The number of nitrogens with one attached hydrogen (secondary N) is 1. The Hall–Kier alpha value is -1.89. The van der Waals surface area contributed by atoms with Crippen LogP contribution in [-0.4, -0.2) is 31.2 Å². The van der Waals surface area contributed by atoms with Crippen molar-refractivity contribution in [3.8, 4) is 0 Å². The van der Waals surface area contributed by atoms with Crippen molar-refractivity contribution in [1.82, 2.24) is 9.62 Å². The summed E-state index contributed by atoms with van der Waals surface area (Å²) < 4.78 is 27.5. The first-order chi connectivity index (χ1) is 13.7. The first kappa shape index (κ1) is 21.8. The number of carbonyl (C=O) groups is 1. The van der Waals surface area contributed by atoms with Gasteiger partial charge in [-0.15, -0.1) is 0 Å². The Morgan fingerprint density at radius 2 is 1.90 bits per heavy atom. The number of halogens is 1. The van der Waals surface area contributed by atoms with E-state index in [1.54, 1.807) is 12.1 Å². The van der Waals surface area contributed by atoms with Gasteiger partial charge in [0.2, 0.25) is 15.9 Å². The number of sulfonamides is 1. The van der Waals surface area contributed by atoms with E-state index >= 15 is 0 Å². The number of amides is 1. The van der Waals surface area contributed by atoms with E-state index in [9.17, 15) is 13.2 Å². The molecule has 0 saturated carbocycles. The molecule has 1 aliphatic rings. The number of aryl methyl sites for hydroxylation is 2. The highest BCUT2D eigenvalue weighted by atomic mass is 35.5. The van der Waals surface area contributed by atoms with Gasteiger partial charge < -0.3 is 5.32 Å². The molecule has 0 bridgehead atoms. The Balaban J connectivity index is 1.81. The maximum Gasteiger partial charge on any atom is 0.243 e. The third kappa shape index (κ3) is 4.65. The first-order valence-corrected chi connectivity index (χ1v) is 11.7. The normalized spacial score (nSPS) is 18.6. The summed E-state index contributed by atoms with van der Waals surface area (Å²) in [6.45, 7) is 6.42. The van der Waals surface area contributed by atoms with Crippen molar-refractivity contribution in [1.29, 1.82) is 0 Å². The number of hydrogen-bond acceptors (Lipinski definition) is 3. The largest absolute Gasteiger partial charge is 0.348 e. The van der Waals surface area contributed by atoms with E-state index in [1.165, 1.54) is 22.0 Å². The van der Waals surface area contributed by atoms with Crippen LogP contribution >= 0.6 is 11.6 Å². The molecule has 0 aromatic heterocycles. The lowest BCUT2D eigenvalue weighted by molar-refractivity contribution is -0.125. The lowest BCUT2D eigenvalue weighted by Crippen LogP contribution is -2.46. The second kappa shape index (κ2) is 8.86. The van der Waals surface area contributed by atoms with Crippen molar-refractivity contribution in [2.45, 2.75) is 57.0 Å². The molecule has 2 aromatic rings. The summed E-state index contributed by atoms with van der Waals surface area (Å²) >= 11 is 5.88. The quantitative estimate of drug-likeness (QED) is 0.733. The van der Waals surface area contributed by atoms with Crippen LogP contribution in [0.15, 0.2) is 47.4 Å². The minimum Gasteiger partial charge on any atom is -0.348 e. The Bertz CT molecular complexity index is 990. The van der Waals surface area contributed by atoms with E-state index in [4.69, 9.17) is 11.6 Å². The Morgan fingerprint density at radius 3 is 2.52 bits per heavy atom. The van der Waals surface area contributed by atoms with Gasteiger partial charge >= 0.3 is 0 Å². The van der Waals surface area contributed by atoms with Crippen LogP contribution in [0.1, 0.15) is 48.9 Å². The molecule has 0 spiro atoms. The van der Waals surface area contributed by atoms with Gasteiger partial charge in [-0.25, -0.2) is 8.42 Å². The molecule has 29 heavy (non-hydrogen) atoms. The van der Waals surface area contributed by atoms with Crippen molar-refractivity contribution in [2.24, 2.45) is 0 Å². The van der Waals surface area contributed by atoms with Crippen molar-refractivity contribution in [3.05, 3.63) is 64.2 Å². The van der Waals surface area contributed by atoms with Crippen molar-refractivity contribution in [2.75, 3.05) is 6.54 Å². The second-order valence-electron chi connectivity index (χ2n) is 7.56. The number of benzene rings is 2. The predicted molar refractivity (Wildman–Crippen MR) is 115 cm³/mol. The van der Waals surface area contributed by atoms with Crippen molar-refractivity contribution < 1.29 is 13.2 Å². The van der Waals surface area contributed by atoms with E-state index in [1.807, 2.05) is 32.9 Å². The van der Waals surface area contributed by atoms with Crippen LogP contribution in [0, 0.1) is 13.8 Å². The number of rotatable bonds is 6. The van der Waals surface area contributed by atoms with E-state index in [-0.39, 0.29) is 16.8 Å². The average Bonchev–Trinajstić information content (AvgIpc) is 3.18. The van der Waals surface area contributed by atoms with E-state index < -0.39 is 16.1 Å². The molecular formula is C22H27ClN2O3S. The molecule has 1 saturated heterocycles.